The predicted molar refractivity (Wildman–Crippen MR) is 77.8 cm³/mol. The molecule has 0 aliphatic rings. The van der Waals surface area contributed by atoms with Crippen LogP contribution < -0.4 is 5.32 Å². The summed E-state index contributed by atoms with van der Waals surface area (Å²) >= 11 is 0. The maximum absolute atomic E-state index is 12.9. The second-order valence-electron chi connectivity index (χ2n) is 5.01. The predicted octanol–water partition coefficient (Wildman–Crippen LogP) is 3.51. The highest BCUT2D eigenvalue weighted by Gasteiger charge is 2.08. The molecule has 1 nitrogen and oxygen atoms in total. The van der Waals surface area contributed by atoms with Crippen LogP contribution in [-0.4, -0.2) is 13.1 Å². The lowest BCUT2D eigenvalue weighted by atomic mass is 9.98. The maximum atomic E-state index is 12.9. The average Bonchev–Trinajstić information content (AvgIpc) is 2.43. The molecule has 0 heterocycles. The third-order valence-corrected chi connectivity index (χ3v) is 3.41. The van der Waals surface area contributed by atoms with Gasteiger partial charge in [0.25, 0.3) is 0 Å². The van der Waals surface area contributed by atoms with E-state index in [1.54, 1.807) is 0 Å². The van der Waals surface area contributed by atoms with Crippen molar-refractivity contribution in [1.29, 1.82) is 0 Å². The van der Waals surface area contributed by atoms with Gasteiger partial charge in [-0.05, 0) is 50.1 Å². The van der Waals surface area contributed by atoms with Gasteiger partial charge in [0.1, 0.15) is 5.82 Å². The molecular formula is C17H20FN. The standard InChI is InChI=1S/C17H20FN/c1-13-3-5-14(6-4-13)11-17(19-2)12-15-7-9-16(18)10-8-15/h3-10,17,19H,11-12H2,1-2H3. The Morgan fingerprint density at radius 2 is 1.37 bits per heavy atom. The molecule has 0 aliphatic heterocycles. The van der Waals surface area contributed by atoms with E-state index in [1.807, 2.05) is 19.2 Å². The van der Waals surface area contributed by atoms with Crippen molar-refractivity contribution in [2.45, 2.75) is 25.8 Å². The lowest BCUT2D eigenvalue weighted by molar-refractivity contribution is 0.555. The number of aryl methyl sites for hydroxylation is 1. The first-order valence-electron chi connectivity index (χ1n) is 6.64. The normalized spacial score (nSPS) is 12.4. The van der Waals surface area contributed by atoms with E-state index in [-0.39, 0.29) is 5.82 Å². The van der Waals surface area contributed by atoms with Gasteiger partial charge in [0.15, 0.2) is 0 Å². The average molecular weight is 257 g/mol. The molecule has 1 unspecified atom stereocenters. The summed E-state index contributed by atoms with van der Waals surface area (Å²) in [6.07, 6.45) is 1.89. The second-order valence-corrected chi connectivity index (χ2v) is 5.01. The quantitative estimate of drug-likeness (QED) is 0.864. The minimum atomic E-state index is -0.178. The van der Waals surface area contributed by atoms with E-state index in [2.05, 4.69) is 36.5 Å². The summed E-state index contributed by atoms with van der Waals surface area (Å²) in [4.78, 5) is 0. The highest BCUT2D eigenvalue weighted by atomic mass is 19.1. The minimum Gasteiger partial charge on any atom is -0.316 e. The molecule has 2 heteroatoms. The third-order valence-electron chi connectivity index (χ3n) is 3.41. The number of halogens is 1. The van der Waals surface area contributed by atoms with Crippen LogP contribution in [0.5, 0.6) is 0 Å². The van der Waals surface area contributed by atoms with Crippen LogP contribution in [0.2, 0.25) is 0 Å². The maximum Gasteiger partial charge on any atom is 0.123 e. The first kappa shape index (κ1) is 13.8. The molecule has 2 aromatic carbocycles. The number of hydrogen-bond acceptors (Lipinski definition) is 1. The van der Waals surface area contributed by atoms with Crippen LogP contribution in [0.3, 0.4) is 0 Å². The zero-order chi connectivity index (χ0) is 13.7. The summed E-state index contributed by atoms with van der Waals surface area (Å²) < 4.78 is 12.9. The number of nitrogens with one attached hydrogen (secondary N) is 1. The van der Waals surface area contributed by atoms with Crippen molar-refractivity contribution in [3.8, 4) is 0 Å². The Bertz CT molecular complexity index is 454. The molecular weight excluding hydrogens is 237 g/mol. The number of hydrogen-bond donors (Lipinski definition) is 1. The van der Waals surface area contributed by atoms with Gasteiger partial charge in [0.05, 0.1) is 0 Å². The molecule has 100 valence electrons. The van der Waals surface area contributed by atoms with Crippen molar-refractivity contribution in [3.63, 3.8) is 0 Å². The van der Waals surface area contributed by atoms with Crippen LogP contribution >= 0.6 is 0 Å². The van der Waals surface area contributed by atoms with E-state index in [4.69, 9.17) is 0 Å². The SMILES string of the molecule is CNC(Cc1ccc(C)cc1)Cc1ccc(F)cc1. The van der Waals surface area contributed by atoms with Gasteiger partial charge in [-0.2, -0.15) is 0 Å². The molecule has 0 amide bonds. The molecule has 0 radical (unpaired) electrons. The molecule has 19 heavy (non-hydrogen) atoms. The Hall–Kier alpha value is -1.67. The fourth-order valence-corrected chi connectivity index (χ4v) is 2.19. The van der Waals surface area contributed by atoms with Gasteiger partial charge < -0.3 is 5.32 Å². The van der Waals surface area contributed by atoms with Crippen molar-refractivity contribution >= 4 is 0 Å². The summed E-state index contributed by atoms with van der Waals surface area (Å²) in [6.45, 7) is 2.10. The topological polar surface area (TPSA) is 12.0 Å². The highest BCUT2D eigenvalue weighted by Crippen LogP contribution is 2.11. The van der Waals surface area contributed by atoms with Crippen LogP contribution in [0.25, 0.3) is 0 Å². The van der Waals surface area contributed by atoms with Gasteiger partial charge in [0, 0.05) is 6.04 Å². The fourth-order valence-electron chi connectivity index (χ4n) is 2.19. The third kappa shape index (κ3) is 4.18. The molecule has 0 spiro atoms. The molecule has 1 atom stereocenters. The van der Waals surface area contributed by atoms with Crippen molar-refractivity contribution in [1.82, 2.24) is 5.32 Å². The van der Waals surface area contributed by atoms with Crippen LogP contribution in [0.1, 0.15) is 16.7 Å². The first-order chi connectivity index (χ1) is 9.17. The van der Waals surface area contributed by atoms with Gasteiger partial charge in [-0.15, -0.1) is 0 Å². The highest BCUT2D eigenvalue weighted by molar-refractivity contribution is 5.23. The summed E-state index contributed by atoms with van der Waals surface area (Å²) in [5.74, 6) is -0.178. The van der Waals surface area contributed by atoms with Crippen molar-refractivity contribution in [3.05, 3.63) is 71.0 Å². The van der Waals surface area contributed by atoms with Gasteiger partial charge in [0.2, 0.25) is 0 Å². The Kier molecular flexibility index (Phi) is 4.69. The monoisotopic (exact) mass is 257 g/mol. The van der Waals surface area contributed by atoms with E-state index < -0.39 is 0 Å². The Morgan fingerprint density at radius 1 is 0.895 bits per heavy atom. The van der Waals surface area contributed by atoms with Crippen LogP contribution in [0.4, 0.5) is 4.39 Å². The van der Waals surface area contributed by atoms with Gasteiger partial charge in [-0.25, -0.2) is 4.39 Å². The largest absolute Gasteiger partial charge is 0.316 e. The number of rotatable bonds is 5. The number of likely N-dealkylation sites (N-methyl/N-ethyl adjacent to an activating group) is 1. The summed E-state index contributed by atoms with van der Waals surface area (Å²) in [5, 5.41) is 3.33. The molecule has 2 aromatic rings. The molecule has 1 N–H and O–H groups in total. The van der Waals surface area contributed by atoms with Crippen LogP contribution in [0, 0.1) is 12.7 Å². The second kappa shape index (κ2) is 6.48. The molecule has 2 rings (SSSR count). The van der Waals surface area contributed by atoms with E-state index >= 15 is 0 Å². The Labute approximate surface area is 114 Å². The molecule has 0 saturated heterocycles. The number of benzene rings is 2. The van der Waals surface area contributed by atoms with Crippen LogP contribution in [-0.2, 0) is 12.8 Å². The fraction of sp³-hybridized carbons (Fsp3) is 0.294. The van der Waals surface area contributed by atoms with Gasteiger partial charge >= 0.3 is 0 Å². The lowest BCUT2D eigenvalue weighted by Crippen LogP contribution is -2.29. The van der Waals surface area contributed by atoms with E-state index in [0.29, 0.717) is 6.04 Å². The van der Waals surface area contributed by atoms with E-state index in [1.165, 1.54) is 23.3 Å². The van der Waals surface area contributed by atoms with Crippen molar-refractivity contribution < 1.29 is 4.39 Å². The van der Waals surface area contributed by atoms with Gasteiger partial charge in [-0.1, -0.05) is 42.0 Å². The van der Waals surface area contributed by atoms with Crippen molar-refractivity contribution in [2.24, 2.45) is 0 Å². The summed E-state index contributed by atoms with van der Waals surface area (Å²) in [5.41, 5.74) is 3.77. The zero-order valence-electron chi connectivity index (χ0n) is 11.5. The molecule has 0 bridgehead atoms. The van der Waals surface area contributed by atoms with Gasteiger partial charge in [-0.3, -0.25) is 0 Å². The molecule has 0 aliphatic carbocycles. The summed E-state index contributed by atoms with van der Waals surface area (Å²) in [6, 6.07) is 15.7. The first-order valence-corrected chi connectivity index (χ1v) is 6.64. The Morgan fingerprint density at radius 3 is 1.84 bits per heavy atom. The molecule has 0 fully saturated rings. The smallest absolute Gasteiger partial charge is 0.123 e. The summed E-state index contributed by atoms with van der Waals surface area (Å²) in [7, 11) is 1.97. The zero-order valence-corrected chi connectivity index (χ0v) is 11.5. The van der Waals surface area contributed by atoms with E-state index in [9.17, 15) is 4.39 Å². The molecule has 0 saturated carbocycles. The van der Waals surface area contributed by atoms with Crippen molar-refractivity contribution in [2.75, 3.05) is 7.05 Å². The minimum absolute atomic E-state index is 0.178. The van der Waals surface area contributed by atoms with Crippen LogP contribution in [0.15, 0.2) is 48.5 Å². The molecule has 0 aromatic heterocycles. The Balaban J connectivity index is 2.00. The lowest BCUT2D eigenvalue weighted by Gasteiger charge is -2.16. The van der Waals surface area contributed by atoms with E-state index in [0.717, 1.165) is 18.4 Å².